The number of fused-ring (bicyclic) bond motifs is 1. The molecule has 10 heteroatoms. The van der Waals surface area contributed by atoms with Crippen LogP contribution in [0.1, 0.15) is 33.2 Å². The number of nitrogens with two attached hydrogens (primary N) is 1. The van der Waals surface area contributed by atoms with Crippen LogP contribution in [0.2, 0.25) is 0 Å². The highest BCUT2D eigenvalue weighted by Gasteiger charge is 2.50. The van der Waals surface area contributed by atoms with Crippen LogP contribution in [-0.2, 0) is 10.4 Å². The minimum Gasteiger partial charge on any atom is -0.481 e. The predicted molar refractivity (Wildman–Crippen MR) is 114 cm³/mol. The van der Waals surface area contributed by atoms with E-state index in [9.17, 15) is 14.7 Å². The molecule has 0 bridgehead atoms. The van der Waals surface area contributed by atoms with Gasteiger partial charge in [0, 0.05) is 16.9 Å². The average molecular weight is 445 g/mol. The standard InChI is InChI=1S/C20H20N4O4S2/c1-10-22-12-5-8-16(28-2)24-17(12)18(23-10)29-9-13(25)14-6-7-15(30-14)20(27,19(21)26)11-3-4-11/h5-8,11,27H,3-4,9H2,1-2H3,(H2,21,26)/t20-/m0/s1. The number of aromatic nitrogens is 3. The van der Waals surface area contributed by atoms with E-state index in [0.29, 0.717) is 37.5 Å². The fourth-order valence-electron chi connectivity index (χ4n) is 3.22. The summed E-state index contributed by atoms with van der Waals surface area (Å²) in [6.07, 6.45) is 1.49. The number of rotatable bonds is 8. The van der Waals surface area contributed by atoms with Crippen molar-refractivity contribution in [3.05, 3.63) is 39.8 Å². The Kier molecular flexibility index (Phi) is 5.48. The number of carbonyl (C=O) groups is 2. The number of pyridine rings is 1. The second-order valence-corrected chi connectivity index (χ2v) is 9.13. The largest absolute Gasteiger partial charge is 0.481 e. The molecule has 8 nitrogen and oxygen atoms in total. The van der Waals surface area contributed by atoms with E-state index in [4.69, 9.17) is 10.5 Å². The van der Waals surface area contributed by atoms with Crippen molar-refractivity contribution < 1.29 is 19.4 Å². The number of methoxy groups -OCH3 is 1. The number of hydrogen-bond donors (Lipinski definition) is 2. The number of thiophene rings is 1. The van der Waals surface area contributed by atoms with Crippen LogP contribution >= 0.6 is 23.1 Å². The van der Waals surface area contributed by atoms with Gasteiger partial charge < -0.3 is 15.6 Å². The van der Waals surface area contributed by atoms with E-state index in [1.54, 1.807) is 31.2 Å². The van der Waals surface area contributed by atoms with Crippen molar-refractivity contribution in [2.75, 3.05) is 12.9 Å². The monoisotopic (exact) mass is 444 g/mol. The van der Waals surface area contributed by atoms with E-state index in [0.717, 1.165) is 24.2 Å². The van der Waals surface area contributed by atoms with E-state index in [1.165, 1.54) is 18.9 Å². The summed E-state index contributed by atoms with van der Waals surface area (Å²) < 4.78 is 5.18. The second kappa shape index (κ2) is 7.93. The molecule has 0 radical (unpaired) electrons. The van der Waals surface area contributed by atoms with Crippen molar-refractivity contribution in [1.82, 2.24) is 15.0 Å². The van der Waals surface area contributed by atoms with Crippen LogP contribution in [0, 0.1) is 12.8 Å². The molecule has 3 aromatic rings. The maximum atomic E-state index is 12.8. The maximum absolute atomic E-state index is 12.8. The fourth-order valence-corrected chi connectivity index (χ4v) is 5.33. The lowest BCUT2D eigenvalue weighted by Crippen LogP contribution is -2.42. The van der Waals surface area contributed by atoms with Crippen LogP contribution in [0.15, 0.2) is 29.3 Å². The number of primary amides is 1. The zero-order valence-corrected chi connectivity index (χ0v) is 18.0. The SMILES string of the molecule is COc1ccc2nc(C)nc(SCC(=O)c3ccc([C@](O)(C(N)=O)C4CC4)s3)c2n1. The average Bonchev–Trinajstić information content (AvgIpc) is 3.47. The van der Waals surface area contributed by atoms with Gasteiger partial charge in [-0.3, -0.25) is 9.59 Å². The summed E-state index contributed by atoms with van der Waals surface area (Å²) in [5.41, 5.74) is 5.00. The van der Waals surface area contributed by atoms with Crippen LogP contribution < -0.4 is 10.5 Å². The summed E-state index contributed by atoms with van der Waals surface area (Å²) in [5, 5.41) is 11.4. The van der Waals surface area contributed by atoms with Crippen LogP contribution in [0.3, 0.4) is 0 Å². The summed E-state index contributed by atoms with van der Waals surface area (Å²) >= 11 is 2.37. The Morgan fingerprint density at radius 1 is 1.27 bits per heavy atom. The Labute approximate surface area is 180 Å². The van der Waals surface area contributed by atoms with Gasteiger partial charge in [-0.25, -0.2) is 15.0 Å². The van der Waals surface area contributed by atoms with Crippen molar-refractivity contribution in [1.29, 1.82) is 0 Å². The Morgan fingerprint density at radius 2 is 2.03 bits per heavy atom. The van der Waals surface area contributed by atoms with Gasteiger partial charge in [-0.2, -0.15) is 0 Å². The van der Waals surface area contributed by atoms with Gasteiger partial charge in [0.05, 0.1) is 23.3 Å². The summed E-state index contributed by atoms with van der Waals surface area (Å²) in [7, 11) is 1.53. The first-order chi connectivity index (χ1) is 14.3. The fraction of sp³-hybridized carbons (Fsp3) is 0.350. The van der Waals surface area contributed by atoms with Gasteiger partial charge in [-0.1, -0.05) is 11.8 Å². The van der Waals surface area contributed by atoms with Gasteiger partial charge >= 0.3 is 0 Å². The van der Waals surface area contributed by atoms with E-state index >= 15 is 0 Å². The Morgan fingerprint density at radius 3 is 2.70 bits per heavy atom. The highest BCUT2D eigenvalue weighted by molar-refractivity contribution is 8.00. The van der Waals surface area contributed by atoms with Gasteiger partial charge in [0.15, 0.2) is 11.4 Å². The summed E-state index contributed by atoms with van der Waals surface area (Å²) in [5.74, 6) is 0.0652. The second-order valence-electron chi connectivity index (χ2n) is 7.08. The molecule has 0 aromatic carbocycles. The molecule has 30 heavy (non-hydrogen) atoms. The first-order valence-electron chi connectivity index (χ1n) is 9.31. The third kappa shape index (κ3) is 3.78. The van der Waals surface area contributed by atoms with Gasteiger partial charge in [0.2, 0.25) is 5.88 Å². The molecule has 156 valence electrons. The number of Topliss-reactive ketones (excluding diaryl/α,β-unsaturated/α-hetero) is 1. The highest BCUT2D eigenvalue weighted by atomic mass is 32.2. The van der Waals surface area contributed by atoms with Crippen molar-refractivity contribution in [3.63, 3.8) is 0 Å². The number of hydrogen-bond acceptors (Lipinski definition) is 9. The molecule has 3 N–H and O–H groups in total. The molecule has 0 saturated heterocycles. The molecule has 3 heterocycles. The van der Waals surface area contributed by atoms with E-state index in [2.05, 4.69) is 15.0 Å². The van der Waals surface area contributed by atoms with Crippen molar-refractivity contribution >= 4 is 45.8 Å². The lowest BCUT2D eigenvalue weighted by atomic mass is 9.95. The minimum atomic E-state index is -1.70. The third-order valence-corrected chi connectivity index (χ3v) is 7.16. The van der Waals surface area contributed by atoms with Crippen LogP contribution in [0.25, 0.3) is 11.0 Å². The molecule has 0 spiro atoms. The van der Waals surface area contributed by atoms with E-state index < -0.39 is 11.5 Å². The zero-order valence-electron chi connectivity index (χ0n) is 16.4. The number of nitrogens with zero attached hydrogens (tertiary/aromatic N) is 3. The van der Waals surface area contributed by atoms with Gasteiger partial charge in [-0.05, 0) is 38.0 Å². The zero-order chi connectivity index (χ0) is 21.5. The molecule has 1 amide bonds. The molecule has 1 fully saturated rings. The Hall–Kier alpha value is -2.56. The van der Waals surface area contributed by atoms with Crippen LogP contribution in [0.4, 0.5) is 0 Å². The third-order valence-electron chi connectivity index (χ3n) is 4.95. The van der Waals surface area contributed by atoms with Gasteiger partial charge in [0.1, 0.15) is 16.4 Å². The molecule has 1 saturated carbocycles. The Balaban J connectivity index is 1.55. The van der Waals surface area contributed by atoms with E-state index in [-0.39, 0.29) is 17.5 Å². The van der Waals surface area contributed by atoms with Crippen LogP contribution in [-0.4, -0.2) is 44.6 Å². The molecule has 1 aliphatic rings. The number of ether oxygens (including phenoxy) is 1. The molecule has 0 aliphatic heterocycles. The summed E-state index contributed by atoms with van der Waals surface area (Å²) in [6, 6.07) is 6.77. The smallest absolute Gasteiger partial charge is 0.255 e. The number of aliphatic hydroxyl groups is 1. The lowest BCUT2D eigenvalue weighted by molar-refractivity contribution is -0.139. The molecular formula is C20H20N4O4S2. The quantitative estimate of drug-likeness (QED) is 0.308. The topological polar surface area (TPSA) is 128 Å². The Bertz CT molecular complexity index is 1150. The molecule has 1 atom stereocenters. The number of thioether (sulfide) groups is 1. The molecule has 1 aliphatic carbocycles. The first-order valence-corrected chi connectivity index (χ1v) is 11.1. The first kappa shape index (κ1) is 20.7. The highest BCUT2D eigenvalue weighted by Crippen LogP contribution is 2.47. The van der Waals surface area contributed by atoms with Gasteiger partial charge in [-0.15, -0.1) is 11.3 Å². The number of carbonyl (C=O) groups excluding carboxylic acids is 2. The molecule has 4 rings (SSSR count). The molecular weight excluding hydrogens is 424 g/mol. The lowest BCUT2D eigenvalue weighted by Gasteiger charge is -2.22. The minimum absolute atomic E-state index is 0.128. The van der Waals surface area contributed by atoms with Crippen molar-refractivity contribution in [2.45, 2.75) is 30.4 Å². The molecule has 0 unspecified atom stereocenters. The van der Waals surface area contributed by atoms with Gasteiger partial charge in [0.25, 0.3) is 5.91 Å². The summed E-state index contributed by atoms with van der Waals surface area (Å²) in [4.78, 5) is 38.7. The number of ketones is 1. The maximum Gasteiger partial charge on any atom is 0.255 e. The molecule has 3 aromatic heterocycles. The number of amides is 1. The predicted octanol–water partition coefficient (Wildman–Crippen LogP) is 2.46. The van der Waals surface area contributed by atoms with Crippen molar-refractivity contribution in [3.8, 4) is 5.88 Å². The van der Waals surface area contributed by atoms with E-state index in [1.807, 2.05) is 0 Å². The number of aryl methyl sites for hydroxylation is 1. The summed E-state index contributed by atoms with van der Waals surface area (Å²) in [6.45, 7) is 1.78. The normalized spacial score (nSPS) is 15.7. The van der Waals surface area contributed by atoms with Crippen molar-refractivity contribution in [2.24, 2.45) is 11.7 Å². The van der Waals surface area contributed by atoms with Crippen LogP contribution in [0.5, 0.6) is 5.88 Å².